The summed E-state index contributed by atoms with van der Waals surface area (Å²) in [5.74, 6) is 0.0336. The number of nitrogens with one attached hydrogen (secondary N) is 1. The smallest absolute Gasteiger partial charge is 0.238 e. The first-order valence-corrected chi connectivity index (χ1v) is 8.91. The summed E-state index contributed by atoms with van der Waals surface area (Å²) in [5.41, 5.74) is 2.66. The fourth-order valence-corrected chi connectivity index (χ4v) is 3.87. The molecule has 1 aromatic rings. The van der Waals surface area contributed by atoms with E-state index in [0.717, 1.165) is 30.0 Å². The number of nitrogens with zero attached hydrogens (tertiary/aromatic N) is 3. The predicted octanol–water partition coefficient (Wildman–Crippen LogP) is 4.25. The zero-order chi connectivity index (χ0) is 16.4. The van der Waals surface area contributed by atoms with E-state index in [1.807, 2.05) is 18.2 Å². The van der Waals surface area contributed by atoms with E-state index in [9.17, 15) is 4.79 Å². The Kier molecular flexibility index (Phi) is 4.64. The van der Waals surface area contributed by atoms with Crippen molar-refractivity contribution in [3.05, 3.63) is 18.2 Å². The normalized spacial score (nSPS) is 20.4. The first-order valence-electron chi connectivity index (χ1n) is 8.17. The first kappa shape index (κ1) is 16.3. The number of hydrogen-bond donors (Lipinski definition) is 1. The van der Waals surface area contributed by atoms with Gasteiger partial charge in [0.1, 0.15) is 11.4 Å². The quantitative estimate of drug-likeness (QED) is 0.910. The van der Waals surface area contributed by atoms with Gasteiger partial charge in [-0.25, -0.2) is 0 Å². The van der Waals surface area contributed by atoms with Crippen molar-refractivity contribution in [2.75, 3.05) is 18.4 Å². The van der Waals surface area contributed by atoms with Crippen molar-refractivity contribution >= 4 is 34.3 Å². The molecule has 1 aromatic carbocycles. The van der Waals surface area contributed by atoms with Crippen LogP contribution in [0.25, 0.3) is 0 Å². The lowest BCUT2D eigenvalue weighted by atomic mass is 9.87. The van der Waals surface area contributed by atoms with Gasteiger partial charge in [0.2, 0.25) is 5.91 Å². The van der Waals surface area contributed by atoms with Crippen molar-refractivity contribution in [2.45, 2.75) is 46.1 Å². The summed E-state index contributed by atoms with van der Waals surface area (Å²) in [6, 6.07) is 6.21. The van der Waals surface area contributed by atoms with Gasteiger partial charge in [-0.1, -0.05) is 26.8 Å². The average molecular weight is 332 g/mol. The van der Waals surface area contributed by atoms with E-state index in [0.29, 0.717) is 18.0 Å². The van der Waals surface area contributed by atoms with Crippen LogP contribution in [0.5, 0.6) is 0 Å². The Labute approximate surface area is 141 Å². The summed E-state index contributed by atoms with van der Waals surface area (Å²) in [6.07, 6.45) is 3.50. The second-order valence-electron chi connectivity index (χ2n) is 7.52. The lowest BCUT2D eigenvalue weighted by Crippen LogP contribution is -2.38. The molecule has 1 fully saturated rings. The summed E-state index contributed by atoms with van der Waals surface area (Å²) in [5, 5.41) is 3.00. The number of anilines is 1. The van der Waals surface area contributed by atoms with Crippen LogP contribution in [-0.2, 0) is 16.1 Å². The van der Waals surface area contributed by atoms with Gasteiger partial charge in [-0.3, -0.25) is 9.69 Å². The fourth-order valence-electron chi connectivity index (χ4n) is 3.32. The highest BCUT2D eigenvalue weighted by Crippen LogP contribution is 2.38. The molecule has 124 valence electrons. The van der Waals surface area contributed by atoms with E-state index in [1.165, 1.54) is 24.2 Å². The molecule has 1 amide bonds. The fraction of sp³-hybridized carbons (Fsp3) is 0.588. The third kappa shape index (κ3) is 4.06. The molecule has 2 aliphatic rings. The van der Waals surface area contributed by atoms with Gasteiger partial charge in [0.05, 0.1) is 23.6 Å². The van der Waals surface area contributed by atoms with E-state index in [2.05, 4.69) is 39.7 Å². The standard InChI is InChI=1S/C17H24N4OS/c1-17(2,3)10-12-6-5-9-21(12)11-15(22)18-13-7-4-8-14-16(13)20-23-19-14/h4,7-8,12H,5-6,9-11H2,1-3H3,(H,18,22)/t12-/m1/s1. The Morgan fingerprint density at radius 3 is 3.00 bits per heavy atom. The van der Waals surface area contributed by atoms with Gasteiger partial charge in [0, 0.05) is 6.04 Å². The highest BCUT2D eigenvalue weighted by atomic mass is 32.1. The molecule has 0 unspecified atom stereocenters. The van der Waals surface area contributed by atoms with Gasteiger partial charge in [-0.2, -0.15) is 8.73 Å². The maximum Gasteiger partial charge on any atom is 0.238 e. The van der Waals surface area contributed by atoms with Crippen LogP contribution in [0, 0.1) is 5.41 Å². The Balaban J connectivity index is 1.62. The van der Waals surface area contributed by atoms with Gasteiger partial charge < -0.3 is 5.32 Å². The SMILES string of the molecule is CC(C)(C)C[C@H]1CCCN1CC(=O)Nc1cccc2c1N=S=N2. The molecule has 0 saturated carbocycles. The van der Waals surface area contributed by atoms with Gasteiger partial charge in [0.15, 0.2) is 0 Å². The molecule has 1 saturated heterocycles. The number of likely N-dealkylation sites (tertiary alicyclic amines) is 1. The molecule has 0 bridgehead atoms. The molecular weight excluding hydrogens is 308 g/mol. The summed E-state index contributed by atoms with van der Waals surface area (Å²) in [4.78, 5) is 14.8. The molecule has 23 heavy (non-hydrogen) atoms. The largest absolute Gasteiger partial charge is 0.323 e. The molecule has 0 aromatic heterocycles. The van der Waals surface area contributed by atoms with Crippen molar-refractivity contribution in [1.29, 1.82) is 0 Å². The molecule has 2 aliphatic heterocycles. The van der Waals surface area contributed by atoms with Crippen LogP contribution >= 0.6 is 0 Å². The first-order chi connectivity index (χ1) is 10.9. The van der Waals surface area contributed by atoms with Gasteiger partial charge in [-0.05, 0) is 43.4 Å². The molecule has 0 aliphatic carbocycles. The molecule has 2 heterocycles. The van der Waals surface area contributed by atoms with Crippen LogP contribution in [0.3, 0.4) is 0 Å². The zero-order valence-corrected chi connectivity index (χ0v) is 14.8. The highest BCUT2D eigenvalue weighted by Gasteiger charge is 2.29. The van der Waals surface area contributed by atoms with Gasteiger partial charge in [0.25, 0.3) is 0 Å². The van der Waals surface area contributed by atoms with E-state index < -0.39 is 0 Å². The van der Waals surface area contributed by atoms with Crippen molar-refractivity contribution in [3.8, 4) is 0 Å². The molecule has 1 N–H and O–H groups in total. The minimum Gasteiger partial charge on any atom is -0.323 e. The third-order valence-corrected chi connectivity index (χ3v) is 4.80. The lowest BCUT2D eigenvalue weighted by molar-refractivity contribution is -0.117. The van der Waals surface area contributed by atoms with Gasteiger partial charge >= 0.3 is 0 Å². The number of fused-ring (bicyclic) bond motifs is 1. The van der Waals surface area contributed by atoms with Crippen molar-refractivity contribution in [2.24, 2.45) is 14.1 Å². The van der Waals surface area contributed by atoms with Crippen molar-refractivity contribution in [1.82, 2.24) is 4.90 Å². The van der Waals surface area contributed by atoms with Crippen molar-refractivity contribution in [3.63, 3.8) is 0 Å². The Hall–Kier alpha value is -1.53. The number of hydrogen-bond acceptors (Lipinski definition) is 4. The maximum absolute atomic E-state index is 12.4. The second kappa shape index (κ2) is 6.53. The van der Waals surface area contributed by atoms with Crippen LogP contribution in [0.15, 0.2) is 26.9 Å². The summed E-state index contributed by atoms with van der Waals surface area (Å²) in [6.45, 7) is 8.25. The third-order valence-electron chi connectivity index (χ3n) is 4.25. The highest BCUT2D eigenvalue weighted by molar-refractivity contribution is 7.58. The molecule has 5 nitrogen and oxygen atoms in total. The number of carbonyl (C=O) groups is 1. The molecule has 0 radical (unpaired) electrons. The van der Waals surface area contributed by atoms with Crippen LogP contribution in [0.1, 0.15) is 40.0 Å². The second-order valence-corrected chi connectivity index (χ2v) is 8.05. The van der Waals surface area contributed by atoms with Crippen LogP contribution < -0.4 is 5.32 Å². The Bertz CT molecular complexity index is 674. The van der Waals surface area contributed by atoms with E-state index in [1.54, 1.807) is 0 Å². The van der Waals surface area contributed by atoms with Crippen LogP contribution in [-0.4, -0.2) is 29.9 Å². The van der Waals surface area contributed by atoms with E-state index in [-0.39, 0.29) is 5.91 Å². The van der Waals surface area contributed by atoms with Crippen LogP contribution in [0.2, 0.25) is 0 Å². The number of carbonyl (C=O) groups excluding carboxylic acids is 1. The van der Waals surface area contributed by atoms with Crippen molar-refractivity contribution < 1.29 is 4.79 Å². The summed E-state index contributed by atoms with van der Waals surface area (Å²) >= 11 is 1.17. The van der Waals surface area contributed by atoms with E-state index >= 15 is 0 Å². The average Bonchev–Trinajstić information content (AvgIpc) is 3.07. The molecule has 1 atom stereocenters. The van der Waals surface area contributed by atoms with Gasteiger partial charge in [-0.15, -0.1) is 0 Å². The van der Waals surface area contributed by atoms with E-state index in [4.69, 9.17) is 0 Å². The lowest BCUT2D eigenvalue weighted by Gasteiger charge is -2.29. The molecule has 6 heteroatoms. The van der Waals surface area contributed by atoms with Crippen LogP contribution in [0.4, 0.5) is 17.1 Å². The summed E-state index contributed by atoms with van der Waals surface area (Å²) < 4.78 is 8.48. The minimum atomic E-state index is 0.0336. The number of amides is 1. The maximum atomic E-state index is 12.4. The summed E-state index contributed by atoms with van der Waals surface area (Å²) in [7, 11) is 0. The molecular formula is C17H24N4OS. The molecule has 3 rings (SSSR count). The topological polar surface area (TPSA) is 57.1 Å². The Morgan fingerprint density at radius 2 is 2.22 bits per heavy atom. The monoisotopic (exact) mass is 332 g/mol. The zero-order valence-electron chi connectivity index (χ0n) is 14.0. The number of benzene rings is 1. The predicted molar refractivity (Wildman–Crippen MR) is 95.3 cm³/mol. The number of rotatable bonds is 4. The minimum absolute atomic E-state index is 0.0336. The Morgan fingerprint density at radius 1 is 1.39 bits per heavy atom. The molecule has 0 spiro atoms.